The van der Waals surface area contributed by atoms with Gasteiger partial charge in [0.25, 0.3) is 0 Å². The molecule has 0 saturated heterocycles. The van der Waals surface area contributed by atoms with E-state index in [1.807, 2.05) is 30.6 Å². The summed E-state index contributed by atoms with van der Waals surface area (Å²) in [7, 11) is 0. The average molecular weight is 352 g/mol. The first-order valence-electron chi connectivity index (χ1n) is 9.37. The summed E-state index contributed by atoms with van der Waals surface area (Å²) in [4.78, 5) is 13.7. The van der Waals surface area contributed by atoms with Gasteiger partial charge in [0, 0.05) is 12.1 Å². The summed E-state index contributed by atoms with van der Waals surface area (Å²) in [5.74, 6) is 0.780. The van der Waals surface area contributed by atoms with Crippen LogP contribution in [0.25, 0.3) is 34.6 Å². The summed E-state index contributed by atoms with van der Waals surface area (Å²) in [5.41, 5.74) is 6.07. The maximum Gasteiger partial charge on any atom is 0.163 e. The van der Waals surface area contributed by atoms with Crippen LogP contribution in [0.3, 0.4) is 0 Å². The summed E-state index contributed by atoms with van der Waals surface area (Å²) >= 11 is 0. The summed E-state index contributed by atoms with van der Waals surface area (Å²) in [6.07, 6.45) is 10.4. The molecule has 27 heavy (non-hydrogen) atoms. The van der Waals surface area contributed by atoms with E-state index < -0.39 is 0 Å². The van der Waals surface area contributed by atoms with Gasteiger partial charge in [-0.3, -0.25) is 0 Å². The van der Waals surface area contributed by atoms with Crippen LogP contribution in [0, 0.1) is 5.92 Å². The normalized spacial score (nSPS) is 14.2. The Bertz CT molecular complexity index is 1110. The van der Waals surface area contributed by atoms with Crippen LogP contribution in [0.5, 0.6) is 0 Å². The zero-order valence-corrected chi connectivity index (χ0v) is 15.0. The van der Waals surface area contributed by atoms with Crippen LogP contribution in [-0.4, -0.2) is 19.5 Å². The van der Waals surface area contributed by atoms with Crippen molar-refractivity contribution in [2.45, 2.75) is 19.4 Å². The van der Waals surface area contributed by atoms with E-state index >= 15 is 0 Å². The van der Waals surface area contributed by atoms with Crippen molar-refractivity contribution in [2.24, 2.45) is 5.92 Å². The van der Waals surface area contributed by atoms with E-state index in [0.717, 1.165) is 40.4 Å². The van der Waals surface area contributed by atoms with Gasteiger partial charge in [0.1, 0.15) is 17.5 Å². The molecule has 2 aromatic carbocycles. The number of rotatable bonds is 5. The van der Waals surface area contributed by atoms with Crippen LogP contribution in [-0.2, 0) is 6.54 Å². The molecule has 0 N–H and O–H groups in total. The molecule has 4 heteroatoms. The smallest absolute Gasteiger partial charge is 0.163 e. The average Bonchev–Trinajstić information content (AvgIpc) is 3.45. The first kappa shape index (κ1) is 15.9. The highest BCUT2D eigenvalue weighted by Crippen LogP contribution is 2.33. The topological polar surface area (TPSA) is 43.6 Å². The minimum atomic E-state index is 0.780. The van der Waals surface area contributed by atoms with Gasteiger partial charge >= 0.3 is 0 Å². The Morgan fingerprint density at radius 3 is 2.56 bits per heavy atom. The van der Waals surface area contributed by atoms with Crippen LogP contribution in [0.4, 0.5) is 0 Å². The summed E-state index contributed by atoms with van der Waals surface area (Å²) in [6, 6.07) is 18.6. The Hall–Kier alpha value is -3.27. The summed E-state index contributed by atoms with van der Waals surface area (Å²) in [5, 5.41) is 0. The number of benzene rings is 2. The van der Waals surface area contributed by atoms with Crippen molar-refractivity contribution in [2.75, 3.05) is 0 Å². The highest BCUT2D eigenvalue weighted by Gasteiger charge is 2.23. The quantitative estimate of drug-likeness (QED) is 0.471. The fourth-order valence-corrected chi connectivity index (χ4v) is 3.40. The highest BCUT2D eigenvalue weighted by atomic mass is 15.1. The fraction of sp³-hybridized carbons (Fsp3) is 0.174. The van der Waals surface area contributed by atoms with Crippen LogP contribution >= 0.6 is 0 Å². The van der Waals surface area contributed by atoms with E-state index in [1.54, 1.807) is 6.33 Å². The van der Waals surface area contributed by atoms with Gasteiger partial charge in [-0.1, -0.05) is 66.7 Å². The lowest BCUT2D eigenvalue weighted by molar-refractivity contribution is 0.638. The lowest BCUT2D eigenvalue weighted by Gasteiger charge is -2.07. The molecule has 5 rings (SSSR count). The Balaban J connectivity index is 1.57. The van der Waals surface area contributed by atoms with Crippen molar-refractivity contribution in [3.8, 4) is 11.3 Å². The van der Waals surface area contributed by atoms with Crippen LogP contribution in [0.15, 0.2) is 67.3 Å². The summed E-state index contributed by atoms with van der Waals surface area (Å²) < 4.78 is 2.17. The second kappa shape index (κ2) is 6.80. The van der Waals surface area contributed by atoms with Gasteiger partial charge in [-0.15, -0.1) is 0 Å². The van der Waals surface area contributed by atoms with Crippen molar-refractivity contribution in [1.29, 1.82) is 0 Å². The number of hydrogen-bond donors (Lipinski definition) is 0. The minimum absolute atomic E-state index is 0.780. The molecule has 0 aliphatic heterocycles. The van der Waals surface area contributed by atoms with Crippen LogP contribution in [0.2, 0.25) is 0 Å². The maximum atomic E-state index is 4.65. The molecule has 2 heterocycles. The van der Waals surface area contributed by atoms with Gasteiger partial charge in [-0.25, -0.2) is 15.0 Å². The number of nitrogens with zero attached hydrogens (tertiary/aromatic N) is 4. The van der Waals surface area contributed by atoms with E-state index in [-0.39, 0.29) is 0 Å². The molecule has 1 saturated carbocycles. The molecular weight excluding hydrogens is 332 g/mol. The number of hydrogen-bond acceptors (Lipinski definition) is 3. The monoisotopic (exact) mass is 352 g/mol. The zero-order chi connectivity index (χ0) is 18.1. The number of aromatic nitrogens is 4. The zero-order valence-electron chi connectivity index (χ0n) is 15.0. The molecule has 132 valence electrons. The Labute approximate surface area is 158 Å². The van der Waals surface area contributed by atoms with Crippen molar-refractivity contribution in [3.05, 3.63) is 78.4 Å². The predicted molar refractivity (Wildman–Crippen MR) is 109 cm³/mol. The van der Waals surface area contributed by atoms with Crippen molar-refractivity contribution in [1.82, 2.24) is 19.5 Å². The lowest BCUT2D eigenvalue weighted by atomic mass is 10.0. The van der Waals surface area contributed by atoms with Gasteiger partial charge in [0.2, 0.25) is 0 Å². The van der Waals surface area contributed by atoms with Crippen LogP contribution < -0.4 is 0 Å². The molecule has 0 spiro atoms. The van der Waals surface area contributed by atoms with E-state index in [9.17, 15) is 0 Å². The standard InChI is InChI=1S/C23H20N4/c1-2-6-17(7-3-1)12-13-19-8-4-5-9-20(19)21-22-23(25-15-24-21)27(16-26-22)14-18-10-11-18/h1-9,12-13,15-16,18H,10-11,14H2/b13-12+. The molecular formula is C23H20N4. The highest BCUT2D eigenvalue weighted by molar-refractivity contribution is 5.91. The third kappa shape index (κ3) is 3.26. The second-order valence-electron chi connectivity index (χ2n) is 7.07. The number of imidazole rings is 1. The Kier molecular flexibility index (Phi) is 4.02. The molecule has 1 aliphatic rings. The van der Waals surface area contributed by atoms with Crippen molar-refractivity contribution in [3.63, 3.8) is 0 Å². The van der Waals surface area contributed by atoms with Gasteiger partial charge in [0.05, 0.1) is 6.33 Å². The molecule has 0 unspecified atom stereocenters. The van der Waals surface area contributed by atoms with Gasteiger partial charge in [-0.2, -0.15) is 0 Å². The largest absolute Gasteiger partial charge is 0.315 e. The fourth-order valence-electron chi connectivity index (χ4n) is 3.40. The molecule has 1 fully saturated rings. The SMILES string of the molecule is C(=C\c1ccccc1-c1ncnc2c1ncn2CC1CC1)/c1ccccc1. The van der Waals surface area contributed by atoms with Crippen molar-refractivity contribution >= 4 is 23.3 Å². The lowest BCUT2D eigenvalue weighted by Crippen LogP contribution is -1.99. The van der Waals surface area contributed by atoms with E-state index in [4.69, 9.17) is 0 Å². The van der Waals surface area contributed by atoms with E-state index in [0.29, 0.717) is 0 Å². The Morgan fingerprint density at radius 1 is 0.889 bits per heavy atom. The van der Waals surface area contributed by atoms with Crippen molar-refractivity contribution < 1.29 is 0 Å². The van der Waals surface area contributed by atoms with Gasteiger partial charge in [-0.05, 0) is 29.9 Å². The van der Waals surface area contributed by atoms with E-state index in [2.05, 4.69) is 62.0 Å². The van der Waals surface area contributed by atoms with E-state index in [1.165, 1.54) is 18.4 Å². The Morgan fingerprint density at radius 2 is 1.70 bits per heavy atom. The molecule has 0 radical (unpaired) electrons. The second-order valence-corrected chi connectivity index (χ2v) is 7.07. The molecule has 0 atom stereocenters. The number of fused-ring (bicyclic) bond motifs is 1. The van der Waals surface area contributed by atoms with Gasteiger partial charge < -0.3 is 4.57 Å². The molecule has 0 amide bonds. The third-order valence-corrected chi connectivity index (χ3v) is 5.02. The first-order valence-corrected chi connectivity index (χ1v) is 9.37. The molecule has 4 nitrogen and oxygen atoms in total. The molecule has 4 aromatic rings. The van der Waals surface area contributed by atoms with Gasteiger partial charge in [0.15, 0.2) is 5.65 Å². The molecule has 0 bridgehead atoms. The molecule has 2 aromatic heterocycles. The van der Waals surface area contributed by atoms with Crippen LogP contribution in [0.1, 0.15) is 24.0 Å². The molecule has 1 aliphatic carbocycles. The predicted octanol–water partition coefficient (Wildman–Crippen LogP) is 5.07. The third-order valence-electron chi connectivity index (χ3n) is 5.02. The first-order chi connectivity index (χ1) is 13.4. The summed E-state index contributed by atoms with van der Waals surface area (Å²) in [6.45, 7) is 1.00. The maximum absolute atomic E-state index is 4.65. The minimum Gasteiger partial charge on any atom is -0.315 e.